The minimum absolute atomic E-state index is 0.221. The number of halogens is 3. The van der Waals surface area contributed by atoms with Crippen molar-refractivity contribution < 1.29 is 27.4 Å². The maximum Gasteiger partial charge on any atom is 0.401 e. The van der Waals surface area contributed by atoms with Crippen LogP contribution in [0.5, 0.6) is 11.5 Å². The molecule has 0 saturated carbocycles. The normalized spacial score (nSPS) is 15.7. The maximum absolute atomic E-state index is 12.4. The van der Waals surface area contributed by atoms with Crippen molar-refractivity contribution in [3.8, 4) is 11.5 Å². The summed E-state index contributed by atoms with van der Waals surface area (Å²) in [7, 11) is 3.14. The molecular weight excluding hydrogens is 351 g/mol. The molecule has 1 fully saturated rings. The molecule has 0 radical (unpaired) electrons. The molecule has 1 saturated heterocycles. The molecule has 0 unspecified atom stereocenters. The predicted molar refractivity (Wildman–Crippen MR) is 90.7 cm³/mol. The van der Waals surface area contributed by atoms with E-state index in [4.69, 9.17) is 9.47 Å². The molecule has 6 nitrogen and oxygen atoms in total. The molecule has 0 aliphatic carbocycles. The first-order valence-corrected chi connectivity index (χ1v) is 8.35. The summed E-state index contributed by atoms with van der Waals surface area (Å²) in [6.45, 7) is 0.490. The minimum atomic E-state index is -4.21. The standard InChI is InChI=1S/C17H24F3N3O3/c1-25-14-4-3-13(15(11-14)26-2)5-6-21-16(24)23-9-7-22(8-10-23)12-17(18,19)20/h3-4,11H,5-10,12H2,1-2H3,(H,21,24). The highest BCUT2D eigenvalue weighted by molar-refractivity contribution is 5.74. The van der Waals surface area contributed by atoms with Crippen LogP contribution in [0.15, 0.2) is 18.2 Å². The van der Waals surface area contributed by atoms with Gasteiger partial charge in [-0.15, -0.1) is 0 Å². The molecule has 1 aliphatic heterocycles. The number of nitrogens with zero attached hydrogens (tertiary/aromatic N) is 2. The summed E-state index contributed by atoms with van der Waals surface area (Å²) < 4.78 is 47.6. The van der Waals surface area contributed by atoms with E-state index in [0.717, 1.165) is 5.56 Å². The van der Waals surface area contributed by atoms with Gasteiger partial charge in [-0.1, -0.05) is 6.07 Å². The van der Waals surface area contributed by atoms with Gasteiger partial charge in [0.25, 0.3) is 0 Å². The third-order valence-electron chi connectivity index (χ3n) is 4.23. The maximum atomic E-state index is 12.4. The van der Waals surface area contributed by atoms with Crippen molar-refractivity contribution in [1.29, 1.82) is 0 Å². The van der Waals surface area contributed by atoms with Gasteiger partial charge in [0.1, 0.15) is 11.5 Å². The Kier molecular flexibility index (Phi) is 6.96. The number of rotatable bonds is 6. The van der Waals surface area contributed by atoms with E-state index in [1.54, 1.807) is 20.3 Å². The van der Waals surface area contributed by atoms with E-state index in [0.29, 0.717) is 24.5 Å². The van der Waals surface area contributed by atoms with Crippen molar-refractivity contribution in [3.63, 3.8) is 0 Å². The molecule has 0 atom stereocenters. The van der Waals surface area contributed by atoms with Crippen LogP contribution in [0.2, 0.25) is 0 Å². The van der Waals surface area contributed by atoms with Crippen molar-refractivity contribution in [1.82, 2.24) is 15.1 Å². The number of nitrogens with one attached hydrogen (secondary N) is 1. The molecule has 1 aromatic carbocycles. The van der Waals surface area contributed by atoms with Crippen molar-refractivity contribution in [3.05, 3.63) is 23.8 Å². The Morgan fingerprint density at radius 2 is 1.85 bits per heavy atom. The van der Waals surface area contributed by atoms with Crippen LogP contribution in [-0.2, 0) is 6.42 Å². The summed E-state index contributed by atoms with van der Waals surface area (Å²) >= 11 is 0. The average molecular weight is 375 g/mol. The largest absolute Gasteiger partial charge is 0.497 e. The fraction of sp³-hybridized carbons (Fsp3) is 0.588. The number of amides is 2. The number of carbonyl (C=O) groups is 1. The number of alkyl halides is 3. The summed E-state index contributed by atoms with van der Waals surface area (Å²) in [4.78, 5) is 15.0. The fourth-order valence-electron chi connectivity index (χ4n) is 2.84. The van der Waals surface area contributed by atoms with E-state index in [2.05, 4.69) is 5.32 Å². The molecule has 1 aliphatic rings. The quantitative estimate of drug-likeness (QED) is 0.828. The summed E-state index contributed by atoms with van der Waals surface area (Å²) in [5.41, 5.74) is 0.934. The number of methoxy groups -OCH3 is 2. The van der Waals surface area contributed by atoms with Crippen LogP contribution in [0.3, 0.4) is 0 Å². The number of urea groups is 1. The first-order chi connectivity index (χ1) is 12.3. The number of carbonyl (C=O) groups excluding carboxylic acids is 1. The third kappa shape index (κ3) is 5.98. The lowest BCUT2D eigenvalue weighted by Crippen LogP contribution is -2.53. The Bertz CT molecular complexity index is 603. The zero-order valence-corrected chi connectivity index (χ0v) is 14.9. The second-order valence-electron chi connectivity index (χ2n) is 6.04. The van der Waals surface area contributed by atoms with Crippen LogP contribution >= 0.6 is 0 Å². The van der Waals surface area contributed by atoms with Crippen LogP contribution in [0.25, 0.3) is 0 Å². The lowest BCUT2D eigenvalue weighted by molar-refractivity contribution is -0.148. The molecule has 1 heterocycles. The molecule has 2 amide bonds. The highest BCUT2D eigenvalue weighted by atomic mass is 19.4. The molecule has 0 aromatic heterocycles. The Morgan fingerprint density at radius 1 is 1.15 bits per heavy atom. The Balaban J connectivity index is 1.76. The minimum Gasteiger partial charge on any atom is -0.497 e. The lowest BCUT2D eigenvalue weighted by atomic mass is 10.1. The van der Waals surface area contributed by atoms with Crippen LogP contribution in [0.1, 0.15) is 5.56 Å². The first-order valence-electron chi connectivity index (χ1n) is 8.35. The Morgan fingerprint density at radius 3 is 2.42 bits per heavy atom. The van der Waals surface area contributed by atoms with Gasteiger partial charge in [-0.2, -0.15) is 13.2 Å². The number of hydrogen-bond donors (Lipinski definition) is 1. The SMILES string of the molecule is COc1ccc(CCNC(=O)N2CCN(CC(F)(F)F)CC2)c(OC)c1. The molecular formula is C17H24F3N3O3. The average Bonchev–Trinajstić information content (AvgIpc) is 2.61. The van der Waals surface area contributed by atoms with Crippen molar-refractivity contribution in [2.24, 2.45) is 0 Å². The molecule has 0 spiro atoms. The molecule has 146 valence electrons. The van der Waals surface area contributed by atoms with Crippen molar-refractivity contribution in [2.75, 3.05) is 53.5 Å². The van der Waals surface area contributed by atoms with Gasteiger partial charge in [0, 0.05) is 38.8 Å². The van der Waals surface area contributed by atoms with Crippen molar-refractivity contribution >= 4 is 6.03 Å². The predicted octanol–water partition coefficient (Wildman–Crippen LogP) is 2.14. The number of benzene rings is 1. The highest BCUT2D eigenvalue weighted by Crippen LogP contribution is 2.24. The molecule has 9 heteroatoms. The van der Waals surface area contributed by atoms with Gasteiger partial charge in [-0.25, -0.2) is 4.79 Å². The Hall–Kier alpha value is -2.16. The van der Waals surface area contributed by atoms with E-state index in [1.807, 2.05) is 12.1 Å². The van der Waals surface area contributed by atoms with E-state index in [9.17, 15) is 18.0 Å². The summed E-state index contributed by atoms with van der Waals surface area (Å²) in [5.74, 6) is 1.37. The molecule has 1 aromatic rings. The van der Waals surface area contributed by atoms with Gasteiger partial charge in [-0.05, 0) is 18.1 Å². The molecule has 1 N–H and O–H groups in total. The topological polar surface area (TPSA) is 54.0 Å². The monoisotopic (exact) mass is 375 g/mol. The van der Waals surface area contributed by atoms with Crippen LogP contribution in [0.4, 0.5) is 18.0 Å². The van der Waals surface area contributed by atoms with Gasteiger partial charge in [0.15, 0.2) is 0 Å². The van der Waals surface area contributed by atoms with Crippen molar-refractivity contribution in [2.45, 2.75) is 12.6 Å². The number of piperazine rings is 1. The van der Waals surface area contributed by atoms with E-state index in [-0.39, 0.29) is 32.2 Å². The summed E-state index contributed by atoms with van der Waals surface area (Å²) in [6.07, 6.45) is -3.63. The van der Waals surface area contributed by atoms with Crippen LogP contribution in [0, 0.1) is 0 Å². The summed E-state index contributed by atoms with van der Waals surface area (Å²) in [6, 6.07) is 5.21. The second kappa shape index (κ2) is 8.98. The molecule has 2 rings (SSSR count). The van der Waals surface area contributed by atoms with Gasteiger partial charge >= 0.3 is 12.2 Å². The Labute approximate surface area is 150 Å². The zero-order valence-electron chi connectivity index (χ0n) is 14.9. The molecule has 0 bridgehead atoms. The number of ether oxygens (including phenoxy) is 2. The fourth-order valence-corrected chi connectivity index (χ4v) is 2.84. The van der Waals surface area contributed by atoms with E-state index in [1.165, 1.54) is 9.80 Å². The van der Waals surface area contributed by atoms with E-state index >= 15 is 0 Å². The van der Waals surface area contributed by atoms with Gasteiger partial charge in [0.2, 0.25) is 0 Å². The van der Waals surface area contributed by atoms with Crippen LogP contribution in [-0.4, -0.2) is 75.5 Å². The molecule has 26 heavy (non-hydrogen) atoms. The zero-order chi connectivity index (χ0) is 19.2. The first kappa shape index (κ1) is 20.2. The summed E-state index contributed by atoms with van der Waals surface area (Å²) in [5, 5.41) is 2.80. The van der Waals surface area contributed by atoms with Gasteiger partial charge in [0.05, 0.1) is 20.8 Å². The smallest absolute Gasteiger partial charge is 0.401 e. The number of hydrogen-bond acceptors (Lipinski definition) is 4. The van der Waals surface area contributed by atoms with Gasteiger partial charge in [-0.3, -0.25) is 4.90 Å². The van der Waals surface area contributed by atoms with Gasteiger partial charge < -0.3 is 19.7 Å². The van der Waals surface area contributed by atoms with E-state index < -0.39 is 12.7 Å². The third-order valence-corrected chi connectivity index (χ3v) is 4.23. The lowest BCUT2D eigenvalue weighted by Gasteiger charge is -2.34. The second-order valence-corrected chi connectivity index (χ2v) is 6.04. The highest BCUT2D eigenvalue weighted by Gasteiger charge is 2.32. The van der Waals surface area contributed by atoms with Crippen LogP contribution < -0.4 is 14.8 Å².